The molecule has 0 fully saturated rings. The molecule has 0 bridgehead atoms. The van der Waals surface area contributed by atoms with Crippen molar-refractivity contribution in [3.05, 3.63) is 0 Å². The highest BCUT2D eigenvalue weighted by Crippen LogP contribution is 2.14. The largest absolute Gasteiger partial charge is 0.467 e. The van der Waals surface area contributed by atoms with Crippen LogP contribution in [-0.4, -0.2) is 30.4 Å². The maximum Gasteiger partial charge on any atom is 0.331 e. The number of nitrogens with one attached hydrogen (secondary N) is 1. The van der Waals surface area contributed by atoms with Gasteiger partial charge in [0.15, 0.2) is 0 Å². The Hall–Kier alpha value is -0.770. The number of hydrogen-bond acceptors (Lipinski definition) is 3. The third kappa shape index (κ3) is 3.54. The van der Waals surface area contributed by atoms with E-state index < -0.39 is 11.5 Å². The number of carbonyl (C=O) groups is 2. The molecule has 0 aromatic rings. The van der Waals surface area contributed by atoms with Crippen molar-refractivity contribution < 1.29 is 14.3 Å². The van der Waals surface area contributed by atoms with E-state index in [-0.39, 0.29) is 11.8 Å². The van der Waals surface area contributed by atoms with Crippen LogP contribution in [0.25, 0.3) is 0 Å². The lowest BCUT2D eigenvalue weighted by Crippen LogP contribution is -2.53. The minimum Gasteiger partial charge on any atom is -0.467 e. The summed E-state index contributed by atoms with van der Waals surface area (Å²) in [6.45, 7) is 3.56. The number of ether oxygens (including phenoxy) is 1. The van der Waals surface area contributed by atoms with Gasteiger partial charge in [-0.05, 0) is 13.3 Å². The molecule has 0 heterocycles. The van der Waals surface area contributed by atoms with Crippen molar-refractivity contribution in [3.63, 3.8) is 0 Å². The zero-order chi connectivity index (χ0) is 11.2. The summed E-state index contributed by atoms with van der Waals surface area (Å²) in [6.07, 6.45) is 1.30. The van der Waals surface area contributed by atoms with Crippen LogP contribution in [0.1, 0.15) is 26.7 Å². The first kappa shape index (κ1) is 13.2. The highest BCUT2D eigenvalue weighted by atomic mass is 35.5. The summed E-state index contributed by atoms with van der Waals surface area (Å²) in [5.41, 5.74) is -0.963. The van der Waals surface area contributed by atoms with Crippen LogP contribution in [0.5, 0.6) is 0 Å². The van der Waals surface area contributed by atoms with Crippen LogP contribution in [0.2, 0.25) is 0 Å². The van der Waals surface area contributed by atoms with E-state index in [1.54, 1.807) is 6.92 Å². The fourth-order valence-corrected chi connectivity index (χ4v) is 1.35. The Bertz CT molecular complexity index is 220. The SMILES string of the molecule is CCCC(C)(NC(=O)CCl)C(=O)OC. The topological polar surface area (TPSA) is 55.4 Å². The van der Waals surface area contributed by atoms with Gasteiger partial charge in [0.05, 0.1) is 7.11 Å². The van der Waals surface area contributed by atoms with Crippen molar-refractivity contribution in [1.29, 1.82) is 0 Å². The fourth-order valence-electron chi connectivity index (χ4n) is 1.28. The van der Waals surface area contributed by atoms with E-state index in [0.717, 1.165) is 6.42 Å². The molecule has 0 spiro atoms. The maximum atomic E-state index is 11.4. The molecular weight excluding hydrogens is 206 g/mol. The molecule has 0 saturated carbocycles. The third-order valence-corrected chi connectivity index (χ3v) is 2.17. The highest BCUT2D eigenvalue weighted by molar-refractivity contribution is 6.27. The summed E-state index contributed by atoms with van der Waals surface area (Å²) in [7, 11) is 1.29. The number of carbonyl (C=O) groups excluding carboxylic acids is 2. The number of methoxy groups -OCH3 is 1. The van der Waals surface area contributed by atoms with Crippen LogP contribution < -0.4 is 5.32 Å². The summed E-state index contributed by atoms with van der Waals surface area (Å²) in [5, 5.41) is 2.55. The van der Waals surface area contributed by atoms with Crippen LogP contribution >= 0.6 is 11.6 Å². The van der Waals surface area contributed by atoms with Crippen molar-refractivity contribution >= 4 is 23.5 Å². The zero-order valence-electron chi connectivity index (χ0n) is 8.72. The van der Waals surface area contributed by atoms with Gasteiger partial charge in [0, 0.05) is 0 Å². The second-order valence-corrected chi connectivity index (χ2v) is 3.52. The highest BCUT2D eigenvalue weighted by Gasteiger charge is 2.34. The van der Waals surface area contributed by atoms with Crippen LogP contribution in [-0.2, 0) is 14.3 Å². The Morgan fingerprint density at radius 1 is 1.50 bits per heavy atom. The Kier molecular flexibility index (Phi) is 5.53. The van der Waals surface area contributed by atoms with E-state index in [4.69, 9.17) is 11.6 Å². The molecule has 82 valence electrons. The van der Waals surface area contributed by atoms with E-state index in [0.29, 0.717) is 6.42 Å². The molecule has 14 heavy (non-hydrogen) atoms. The Balaban J connectivity index is 4.54. The number of alkyl halides is 1. The van der Waals surface area contributed by atoms with Gasteiger partial charge in [-0.3, -0.25) is 4.79 Å². The number of amides is 1. The smallest absolute Gasteiger partial charge is 0.331 e. The average Bonchev–Trinajstić information content (AvgIpc) is 2.16. The lowest BCUT2D eigenvalue weighted by molar-refractivity contribution is -0.150. The van der Waals surface area contributed by atoms with Gasteiger partial charge in [-0.2, -0.15) is 0 Å². The van der Waals surface area contributed by atoms with Gasteiger partial charge in [0.1, 0.15) is 11.4 Å². The van der Waals surface area contributed by atoms with Gasteiger partial charge in [0.2, 0.25) is 5.91 Å². The molecule has 1 N–H and O–H groups in total. The van der Waals surface area contributed by atoms with Gasteiger partial charge in [-0.1, -0.05) is 13.3 Å². The van der Waals surface area contributed by atoms with Crippen molar-refractivity contribution in [2.75, 3.05) is 13.0 Å². The predicted molar refractivity (Wildman–Crippen MR) is 54.2 cm³/mol. The number of hydrogen-bond donors (Lipinski definition) is 1. The molecule has 1 atom stereocenters. The van der Waals surface area contributed by atoms with Crippen molar-refractivity contribution in [1.82, 2.24) is 5.32 Å². The summed E-state index contributed by atoms with van der Waals surface area (Å²) in [6, 6.07) is 0. The van der Waals surface area contributed by atoms with Crippen LogP contribution in [0, 0.1) is 0 Å². The summed E-state index contributed by atoms with van der Waals surface area (Å²) < 4.78 is 4.62. The van der Waals surface area contributed by atoms with Crippen molar-refractivity contribution in [2.24, 2.45) is 0 Å². The molecular formula is C9H16ClNO3. The lowest BCUT2D eigenvalue weighted by atomic mass is 9.96. The third-order valence-electron chi connectivity index (χ3n) is 1.92. The standard InChI is InChI=1S/C9H16ClNO3/c1-4-5-9(2,8(13)14-3)11-7(12)6-10/h4-6H2,1-3H3,(H,11,12). The molecule has 1 unspecified atom stereocenters. The number of rotatable bonds is 5. The minimum absolute atomic E-state index is 0.156. The van der Waals surface area contributed by atoms with E-state index in [9.17, 15) is 9.59 Å². The molecule has 1 amide bonds. The van der Waals surface area contributed by atoms with Crippen LogP contribution in [0.3, 0.4) is 0 Å². The van der Waals surface area contributed by atoms with E-state index in [1.807, 2.05) is 6.92 Å². The second-order valence-electron chi connectivity index (χ2n) is 3.26. The molecule has 0 aromatic carbocycles. The monoisotopic (exact) mass is 221 g/mol. The van der Waals surface area contributed by atoms with Gasteiger partial charge >= 0.3 is 5.97 Å². The normalized spacial score (nSPS) is 14.3. The first-order valence-electron chi connectivity index (χ1n) is 4.45. The maximum absolute atomic E-state index is 11.4. The van der Waals surface area contributed by atoms with Crippen molar-refractivity contribution in [2.45, 2.75) is 32.2 Å². The zero-order valence-corrected chi connectivity index (χ0v) is 9.48. The Labute approximate surface area is 88.9 Å². The first-order valence-corrected chi connectivity index (χ1v) is 4.99. The van der Waals surface area contributed by atoms with Gasteiger partial charge in [-0.15, -0.1) is 11.6 Å². The Morgan fingerprint density at radius 3 is 2.43 bits per heavy atom. The lowest BCUT2D eigenvalue weighted by Gasteiger charge is -2.27. The van der Waals surface area contributed by atoms with Crippen molar-refractivity contribution in [3.8, 4) is 0 Å². The number of halogens is 1. The predicted octanol–water partition coefficient (Wildman–Crippen LogP) is 1.07. The molecule has 0 rings (SSSR count). The molecule has 0 radical (unpaired) electrons. The molecule has 0 aromatic heterocycles. The van der Waals surface area contributed by atoms with Crippen LogP contribution in [0.4, 0.5) is 0 Å². The first-order chi connectivity index (χ1) is 6.50. The summed E-state index contributed by atoms with van der Waals surface area (Å²) in [4.78, 5) is 22.5. The molecule has 0 saturated heterocycles. The molecule has 0 aliphatic rings. The molecule has 0 aliphatic heterocycles. The molecule has 5 heteroatoms. The van der Waals surface area contributed by atoms with Gasteiger partial charge in [-0.25, -0.2) is 4.79 Å². The summed E-state index contributed by atoms with van der Waals surface area (Å²) >= 11 is 5.34. The summed E-state index contributed by atoms with van der Waals surface area (Å²) in [5.74, 6) is -0.970. The minimum atomic E-state index is -0.963. The fraction of sp³-hybridized carbons (Fsp3) is 0.778. The Morgan fingerprint density at radius 2 is 2.07 bits per heavy atom. The van der Waals surface area contributed by atoms with Gasteiger partial charge in [0.25, 0.3) is 0 Å². The second kappa shape index (κ2) is 5.86. The number of esters is 1. The molecule has 4 nitrogen and oxygen atoms in total. The molecule has 0 aliphatic carbocycles. The quantitative estimate of drug-likeness (QED) is 0.558. The van der Waals surface area contributed by atoms with E-state index in [1.165, 1.54) is 7.11 Å². The van der Waals surface area contributed by atoms with E-state index in [2.05, 4.69) is 10.1 Å². The average molecular weight is 222 g/mol. The van der Waals surface area contributed by atoms with Crippen LogP contribution in [0.15, 0.2) is 0 Å². The van der Waals surface area contributed by atoms with E-state index >= 15 is 0 Å². The van der Waals surface area contributed by atoms with Gasteiger partial charge < -0.3 is 10.1 Å².